The largest absolute Gasteiger partial charge is 0.379 e. The monoisotopic (exact) mass is 246 g/mol. The molecule has 0 bridgehead atoms. The second-order valence-corrected chi connectivity index (χ2v) is 4.95. The third kappa shape index (κ3) is 13.3. The Balaban J connectivity index is 3.12. The van der Waals surface area contributed by atoms with Gasteiger partial charge in [0.1, 0.15) is 0 Å². The molecule has 0 saturated carbocycles. The van der Waals surface area contributed by atoms with Crippen molar-refractivity contribution in [1.29, 1.82) is 0 Å². The van der Waals surface area contributed by atoms with Crippen LogP contribution in [0.3, 0.4) is 0 Å². The SMILES string of the molecule is CC(C)(C)OCCOCCCCCC(=O)NN. The quantitative estimate of drug-likeness (QED) is 0.279. The van der Waals surface area contributed by atoms with E-state index in [1.807, 2.05) is 20.8 Å². The summed E-state index contributed by atoms with van der Waals surface area (Å²) in [6.45, 7) is 8.04. The third-order valence-corrected chi connectivity index (χ3v) is 2.12. The Bertz CT molecular complexity index is 202. The highest BCUT2D eigenvalue weighted by molar-refractivity contribution is 5.74. The van der Waals surface area contributed by atoms with Crippen molar-refractivity contribution in [2.24, 2.45) is 5.84 Å². The van der Waals surface area contributed by atoms with E-state index in [0.717, 1.165) is 25.9 Å². The molecule has 0 aromatic heterocycles. The summed E-state index contributed by atoms with van der Waals surface area (Å²) < 4.78 is 10.9. The lowest BCUT2D eigenvalue weighted by atomic mass is 10.2. The Morgan fingerprint density at radius 1 is 1.12 bits per heavy atom. The van der Waals surface area contributed by atoms with Gasteiger partial charge in [0.05, 0.1) is 18.8 Å². The van der Waals surface area contributed by atoms with Gasteiger partial charge < -0.3 is 9.47 Å². The molecule has 0 rings (SSSR count). The highest BCUT2D eigenvalue weighted by atomic mass is 16.5. The Morgan fingerprint density at radius 2 is 1.82 bits per heavy atom. The molecule has 0 aliphatic rings. The zero-order valence-corrected chi connectivity index (χ0v) is 11.3. The van der Waals surface area contributed by atoms with E-state index in [1.165, 1.54) is 0 Å². The van der Waals surface area contributed by atoms with Crippen molar-refractivity contribution in [2.75, 3.05) is 19.8 Å². The number of unbranched alkanes of at least 4 members (excludes halogenated alkanes) is 2. The summed E-state index contributed by atoms with van der Waals surface area (Å²) in [4.78, 5) is 10.8. The van der Waals surface area contributed by atoms with Crippen LogP contribution < -0.4 is 11.3 Å². The molecular formula is C12H26N2O3. The van der Waals surface area contributed by atoms with Crippen LogP contribution in [0.4, 0.5) is 0 Å². The molecule has 0 atom stereocenters. The molecule has 1 amide bonds. The van der Waals surface area contributed by atoms with E-state index in [2.05, 4.69) is 5.43 Å². The number of nitrogens with one attached hydrogen (secondary N) is 1. The summed E-state index contributed by atoms with van der Waals surface area (Å²) in [5, 5.41) is 0. The Morgan fingerprint density at radius 3 is 2.41 bits per heavy atom. The fraction of sp³-hybridized carbons (Fsp3) is 0.917. The first-order valence-corrected chi connectivity index (χ1v) is 6.17. The normalized spacial score (nSPS) is 11.5. The Labute approximate surface area is 104 Å². The zero-order chi connectivity index (χ0) is 13.1. The maximum atomic E-state index is 10.8. The molecule has 17 heavy (non-hydrogen) atoms. The van der Waals surface area contributed by atoms with E-state index >= 15 is 0 Å². The van der Waals surface area contributed by atoms with Crippen LogP contribution in [0.2, 0.25) is 0 Å². The first kappa shape index (κ1) is 16.4. The van der Waals surface area contributed by atoms with Crippen molar-refractivity contribution >= 4 is 5.91 Å². The van der Waals surface area contributed by atoms with E-state index in [-0.39, 0.29) is 11.5 Å². The summed E-state index contributed by atoms with van der Waals surface area (Å²) in [7, 11) is 0. The average molecular weight is 246 g/mol. The molecule has 0 saturated heterocycles. The van der Waals surface area contributed by atoms with E-state index in [1.54, 1.807) is 0 Å². The lowest BCUT2D eigenvalue weighted by Gasteiger charge is -2.19. The molecule has 0 unspecified atom stereocenters. The molecule has 0 fully saturated rings. The van der Waals surface area contributed by atoms with Gasteiger partial charge in [-0.25, -0.2) is 5.84 Å². The molecule has 5 nitrogen and oxygen atoms in total. The van der Waals surface area contributed by atoms with Gasteiger partial charge in [0.2, 0.25) is 5.91 Å². The molecule has 0 aromatic carbocycles. The van der Waals surface area contributed by atoms with E-state index < -0.39 is 0 Å². The molecule has 3 N–H and O–H groups in total. The fourth-order valence-electron chi connectivity index (χ4n) is 1.25. The third-order valence-electron chi connectivity index (χ3n) is 2.12. The van der Waals surface area contributed by atoms with Gasteiger partial charge in [-0.15, -0.1) is 0 Å². The number of carbonyl (C=O) groups excluding carboxylic acids is 1. The van der Waals surface area contributed by atoms with Gasteiger partial charge in [0.15, 0.2) is 0 Å². The number of rotatable bonds is 9. The first-order valence-electron chi connectivity index (χ1n) is 6.17. The van der Waals surface area contributed by atoms with E-state index in [4.69, 9.17) is 15.3 Å². The molecule has 0 aliphatic heterocycles. The first-order chi connectivity index (χ1) is 7.95. The number of hydrazine groups is 1. The number of carbonyl (C=O) groups is 1. The van der Waals surface area contributed by atoms with Crippen molar-refractivity contribution in [3.05, 3.63) is 0 Å². The summed E-state index contributed by atoms with van der Waals surface area (Å²) in [5.41, 5.74) is 2.01. The van der Waals surface area contributed by atoms with Gasteiger partial charge >= 0.3 is 0 Å². The number of amides is 1. The molecule has 0 aromatic rings. The Kier molecular flexibility index (Phi) is 9.03. The zero-order valence-electron chi connectivity index (χ0n) is 11.3. The van der Waals surface area contributed by atoms with Crippen LogP contribution in [-0.2, 0) is 14.3 Å². The highest BCUT2D eigenvalue weighted by Crippen LogP contribution is 2.06. The van der Waals surface area contributed by atoms with Gasteiger partial charge in [-0.1, -0.05) is 6.42 Å². The van der Waals surface area contributed by atoms with Gasteiger partial charge in [0, 0.05) is 13.0 Å². The maximum Gasteiger partial charge on any atom is 0.233 e. The number of hydrogen-bond donors (Lipinski definition) is 2. The maximum absolute atomic E-state index is 10.8. The van der Waals surface area contributed by atoms with Crippen LogP contribution in [0.5, 0.6) is 0 Å². The molecular weight excluding hydrogens is 220 g/mol. The summed E-state index contributed by atoms with van der Waals surface area (Å²) in [5.74, 6) is 4.86. The van der Waals surface area contributed by atoms with Crippen LogP contribution in [-0.4, -0.2) is 31.3 Å². The Hall–Kier alpha value is -0.650. The predicted octanol–water partition coefficient (Wildman–Crippen LogP) is 1.37. The van der Waals surface area contributed by atoms with Crippen molar-refractivity contribution in [1.82, 2.24) is 5.43 Å². The van der Waals surface area contributed by atoms with Gasteiger partial charge in [0.25, 0.3) is 0 Å². The number of hydrogen-bond acceptors (Lipinski definition) is 4. The van der Waals surface area contributed by atoms with Crippen LogP contribution >= 0.6 is 0 Å². The van der Waals surface area contributed by atoms with Crippen molar-refractivity contribution < 1.29 is 14.3 Å². The van der Waals surface area contributed by atoms with Crippen LogP contribution in [0.15, 0.2) is 0 Å². The minimum atomic E-state index is -0.107. The van der Waals surface area contributed by atoms with Crippen molar-refractivity contribution in [2.45, 2.75) is 52.1 Å². The van der Waals surface area contributed by atoms with Gasteiger partial charge in [-0.2, -0.15) is 0 Å². The molecule has 0 spiro atoms. The average Bonchev–Trinajstić information content (AvgIpc) is 2.25. The topological polar surface area (TPSA) is 73.6 Å². The summed E-state index contributed by atoms with van der Waals surface area (Å²) >= 11 is 0. The summed E-state index contributed by atoms with van der Waals surface area (Å²) in [6, 6.07) is 0. The van der Waals surface area contributed by atoms with Crippen LogP contribution in [0, 0.1) is 0 Å². The fourth-order valence-corrected chi connectivity index (χ4v) is 1.25. The van der Waals surface area contributed by atoms with Gasteiger partial charge in [-0.05, 0) is 33.6 Å². The highest BCUT2D eigenvalue weighted by Gasteiger charge is 2.08. The lowest BCUT2D eigenvalue weighted by Crippen LogP contribution is -2.29. The smallest absolute Gasteiger partial charge is 0.233 e. The minimum absolute atomic E-state index is 0.0983. The van der Waals surface area contributed by atoms with Crippen molar-refractivity contribution in [3.8, 4) is 0 Å². The van der Waals surface area contributed by atoms with Crippen LogP contribution in [0.25, 0.3) is 0 Å². The molecule has 0 heterocycles. The number of ether oxygens (including phenoxy) is 2. The second-order valence-electron chi connectivity index (χ2n) is 4.95. The predicted molar refractivity (Wildman–Crippen MR) is 67.3 cm³/mol. The molecule has 5 heteroatoms. The van der Waals surface area contributed by atoms with E-state index in [0.29, 0.717) is 19.6 Å². The standard InChI is InChI=1S/C12H26N2O3/c1-12(2,3)17-10-9-16-8-6-4-5-7-11(15)14-13/h4-10,13H2,1-3H3,(H,14,15). The molecule has 0 aliphatic carbocycles. The summed E-state index contributed by atoms with van der Waals surface area (Å²) in [6.07, 6.45) is 3.29. The van der Waals surface area contributed by atoms with Crippen molar-refractivity contribution in [3.63, 3.8) is 0 Å². The second kappa shape index (κ2) is 9.39. The van der Waals surface area contributed by atoms with E-state index in [9.17, 15) is 4.79 Å². The molecule has 0 radical (unpaired) electrons. The van der Waals surface area contributed by atoms with Gasteiger partial charge in [-0.3, -0.25) is 10.2 Å². The minimum Gasteiger partial charge on any atom is -0.379 e. The number of nitrogens with two attached hydrogens (primary N) is 1. The molecule has 102 valence electrons. The van der Waals surface area contributed by atoms with Crippen LogP contribution in [0.1, 0.15) is 46.5 Å². The lowest BCUT2D eigenvalue weighted by molar-refractivity contribution is -0.121.